The van der Waals surface area contributed by atoms with Crippen LogP contribution in [0, 0.1) is 0 Å². The van der Waals surface area contributed by atoms with Crippen LogP contribution in [0.3, 0.4) is 0 Å². The fraction of sp³-hybridized carbons (Fsp3) is 0.0667. The van der Waals surface area contributed by atoms with E-state index in [1.807, 2.05) is 0 Å². The van der Waals surface area contributed by atoms with Crippen molar-refractivity contribution in [1.29, 1.82) is 0 Å². The van der Waals surface area contributed by atoms with Gasteiger partial charge in [0.2, 0.25) is 6.79 Å². The normalized spacial score (nSPS) is 14.9. The van der Waals surface area contributed by atoms with E-state index in [-0.39, 0.29) is 29.0 Å². The molecular formula is C15H8O6. The van der Waals surface area contributed by atoms with E-state index in [2.05, 4.69) is 0 Å². The molecular weight excluding hydrogens is 276 g/mol. The Morgan fingerprint density at radius 1 is 0.714 bits per heavy atom. The second-order valence-corrected chi connectivity index (χ2v) is 4.80. The number of fused-ring (bicyclic) bond motifs is 3. The Labute approximate surface area is 118 Å². The van der Waals surface area contributed by atoms with Crippen LogP contribution in [-0.4, -0.2) is 28.6 Å². The van der Waals surface area contributed by atoms with Gasteiger partial charge in [0.15, 0.2) is 34.6 Å². The Morgan fingerprint density at radius 2 is 1.10 bits per heavy atom. The maximum absolute atomic E-state index is 12.5. The topological polar surface area (TPSA) is 93.1 Å². The highest BCUT2D eigenvalue weighted by molar-refractivity contribution is 6.29. The number of rotatable bonds is 0. The first-order chi connectivity index (χ1) is 10.1. The lowest BCUT2D eigenvalue weighted by atomic mass is 9.83. The molecule has 0 saturated heterocycles. The van der Waals surface area contributed by atoms with Crippen LogP contribution in [0.25, 0.3) is 0 Å². The van der Waals surface area contributed by atoms with Crippen LogP contribution in [-0.2, 0) is 0 Å². The minimum atomic E-state index is -0.445. The lowest BCUT2D eigenvalue weighted by Gasteiger charge is -2.18. The van der Waals surface area contributed by atoms with Crippen LogP contribution < -0.4 is 9.47 Å². The van der Waals surface area contributed by atoms with Crippen molar-refractivity contribution in [1.82, 2.24) is 0 Å². The molecule has 0 saturated carbocycles. The number of phenolic OH excluding ortho intramolecular Hbond substituents is 2. The Kier molecular flexibility index (Phi) is 2.11. The number of benzene rings is 2. The molecule has 2 aromatic carbocycles. The maximum atomic E-state index is 12.5. The van der Waals surface area contributed by atoms with Gasteiger partial charge in [-0.3, -0.25) is 9.59 Å². The minimum absolute atomic E-state index is 0.0368. The zero-order valence-electron chi connectivity index (χ0n) is 10.5. The van der Waals surface area contributed by atoms with Crippen molar-refractivity contribution < 1.29 is 29.3 Å². The van der Waals surface area contributed by atoms with Crippen molar-refractivity contribution in [2.75, 3.05) is 6.79 Å². The van der Waals surface area contributed by atoms with Crippen molar-refractivity contribution in [3.63, 3.8) is 0 Å². The predicted octanol–water partition coefficient (Wildman–Crippen LogP) is 1.60. The quantitative estimate of drug-likeness (QED) is 0.609. The summed E-state index contributed by atoms with van der Waals surface area (Å²) < 4.78 is 10.4. The molecule has 0 bridgehead atoms. The standard InChI is InChI=1S/C15H8O6/c16-10-1-6-7(2-11(10)17)15(19)9-4-13-12(20-5-21-13)3-8(9)14(6)18/h1-4,16-17H,5H2. The minimum Gasteiger partial charge on any atom is -0.504 e. The lowest BCUT2D eigenvalue weighted by Crippen LogP contribution is -2.20. The molecule has 1 heterocycles. The van der Waals surface area contributed by atoms with E-state index in [1.165, 1.54) is 12.1 Å². The van der Waals surface area contributed by atoms with Gasteiger partial charge in [0, 0.05) is 22.3 Å². The summed E-state index contributed by atoms with van der Waals surface area (Å²) in [5.74, 6) is -0.901. The third-order valence-corrected chi connectivity index (χ3v) is 3.61. The van der Waals surface area contributed by atoms with Gasteiger partial charge in [-0.1, -0.05) is 0 Å². The number of carbonyl (C=O) groups excluding carboxylic acids is 2. The molecule has 0 spiro atoms. The van der Waals surface area contributed by atoms with Gasteiger partial charge in [-0.25, -0.2) is 0 Å². The van der Waals surface area contributed by atoms with E-state index >= 15 is 0 Å². The summed E-state index contributed by atoms with van der Waals surface area (Å²) in [5.41, 5.74) is 0.506. The number of aromatic hydroxyl groups is 2. The molecule has 1 aliphatic carbocycles. The van der Waals surface area contributed by atoms with Crippen molar-refractivity contribution in [3.8, 4) is 23.0 Å². The summed E-state index contributed by atoms with van der Waals surface area (Å²) in [6.07, 6.45) is 0. The van der Waals surface area contributed by atoms with E-state index in [1.54, 1.807) is 0 Å². The van der Waals surface area contributed by atoms with Crippen LogP contribution in [0.15, 0.2) is 24.3 Å². The van der Waals surface area contributed by atoms with Crippen molar-refractivity contribution in [2.24, 2.45) is 0 Å². The largest absolute Gasteiger partial charge is 0.504 e. The molecule has 0 unspecified atom stereocenters. The first kappa shape index (κ1) is 11.8. The zero-order valence-corrected chi connectivity index (χ0v) is 10.5. The van der Waals surface area contributed by atoms with Gasteiger partial charge >= 0.3 is 0 Å². The summed E-state index contributed by atoms with van der Waals surface area (Å²) in [5, 5.41) is 19.0. The van der Waals surface area contributed by atoms with E-state index < -0.39 is 23.1 Å². The molecule has 0 atom stereocenters. The average molecular weight is 284 g/mol. The van der Waals surface area contributed by atoms with Crippen LogP contribution in [0.5, 0.6) is 23.0 Å². The summed E-state index contributed by atoms with van der Waals surface area (Å²) in [6, 6.07) is 5.12. The Balaban J connectivity index is 1.99. The van der Waals surface area contributed by atoms with Gasteiger partial charge in [-0.05, 0) is 24.3 Å². The monoisotopic (exact) mass is 284 g/mol. The highest BCUT2D eigenvalue weighted by Gasteiger charge is 2.33. The predicted molar refractivity (Wildman–Crippen MR) is 69.2 cm³/mol. The van der Waals surface area contributed by atoms with E-state index in [9.17, 15) is 19.8 Å². The molecule has 6 heteroatoms. The highest BCUT2D eigenvalue weighted by Crippen LogP contribution is 2.40. The molecule has 21 heavy (non-hydrogen) atoms. The molecule has 6 nitrogen and oxygen atoms in total. The SMILES string of the molecule is O=C1c2cc(O)c(O)cc2C(=O)c2cc3c(cc21)OCO3. The third kappa shape index (κ3) is 1.47. The summed E-state index contributed by atoms with van der Waals surface area (Å²) >= 11 is 0. The second kappa shape index (κ2) is 3.76. The van der Waals surface area contributed by atoms with Crippen molar-refractivity contribution >= 4 is 11.6 Å². The number of carbonyl (C=O) groups is 2. The number of hydrogen-bond acceptors (Lipinski definition) is 6. The van der Waals surface area contributed by atoms with E-state index in [0.717, 1.165) is 12.1 Å². The molecule has 4 rings (SSSR count). The third-order valence-electron chi connectivity index (χ3n) is 3.61. The fourth-order valence-electron chi connectivity index (χ4n) is 2.56. The number of ether oxygens (including phenoxy) is 2. The molecule has 2 aromatic rings. The average Bonchev–Trinajstić information content (AvgIpc) is 2.93. The maximum Gasteiger partial charge on any atom is 0.231 e. The summed E-state index contributed by atoms with van der Waals surface area (Å²) in [4.78, 5) is 25.0. The van der Waals surface area contributed by atoms with E-state index in [4.69, 9.17) is 9.47 Å². The molecule has 104 valence electrons. The molecule has 0 radical (unpaired) electrons. The van der Waals surface area contributed by atoms with Gasteiger partial charge in [0.25, 0.3) is 0 Å². The van der Waals surface area contributed by atoms with Crippen LogP contribution >= 0.6 is 0 Å². The first-order valence-electron chi connectivity index (χ1n) is 6.15. The van der Waals surface area contributed by atoms with Crippen LogP contribution in [0.2, 0.25) is 0 Å². The second-order valence-electron chi connectivity index (χ2n) is 4.80. The van der Waals surface area contributed by atoms with Gasteiger partial charge < -0.3 is 19.7 Å². The smallest absolute Gasteiger partial charge is 0.231 e. The Morgan fingerprint density at radius 3 is 1.52 bits per heavy atom. The molecule has 2 aliphatic rings. The number of phenols is 2. The van der Waals surface area contributed by atoms with Gasteiger partial charge in [0.1, 0.15) is 0 Å². The Bertz CT molecular complexity index is 769. The Hall–Kier alpha value is -3.02. The van der Waals surface area contributed by atoms with Gasteiger partial charge in [-0.15, -0.1) is 0 Å². The summed E-state index contributed by atoms with van der Waals surface area (Å²) in [6.45, 7) is 0.0368. The van der Waals surface area contributed by atoms with Crippen molar-refractivity contribution in [3.05, 3.63) is 46.5 Å². The molecule has 0 fully saturated rings. The fourth-order valence-corrected chi connectivity index (χ4v) is 2.56. The molecule has 1 aliphatic heterocycles. The van der Waals surface area contributed by atoms with Crippen LogP contribution in [0.4, 0.5) is 0 Å². The van der Waals surface area contributed by atoms with E-state index in [0.29, 0.717) is 11.5 Å². The zero-order chi connectivity index (χ0) is 14.7. The molecule has 2 N–H and O–H groups in total. The number of hydrogen-bond donors (Lipinski definition) is 2. The lowest BCUT2D eigenvalue weighted by molar-refractivity contribution is 0.0978. The summed E-state index contributed by atoms with van der Waals surface area (Å²) in [7, 11) is 0. The van der Waals surface area contributed by atoms with Gasteiger partial charge in [-0.2, -0.15) is 0 Å². The molecule has 0 amide bonds. The van der Waals surface area contributed by atoms with Crippen LogP contribution in [0.1, 0.15) is 31.8 Å². The van der Waals surface area contributed by atoms with Gasteiger partial charge in [0.05, 0.1) is 0 Å². The number of ketones is 2. The molecule has 0 aromatic heterocycles. The first-order valence-corrected chi connectivity index (χ1v) is 6.15. The van der Waals surface area contributed by atoms with Crippen molar-refractivity contribution in [2.45, 2.75) is 0 Å². The highest BCUT2D eigenvalue weighted by atomic mass is 16.7.